The van der Waals surface area contributed by atoms with Gasteiger partial charge in [-0.1, -0.05) is 24.7 Å². The van der Waals surface area contributed by atoms with Crippen molar-refractivity contribution in [3.05, 3.63) is 82.2 Å². The summed E-state index contributed by atoms with van der Waals surface area (Å²) in [4.78, 5) is 26.0. The number of rotatable bonds is 9. The summed E-state index contributed by atoms with van der Waals surface area (Å²) in [7, 11) is 2.75. The molecule has 0 unspecified atom stereocenters. The number of ketones is 1. The van der Waals surface area contributed by atoms with E-state index in [1.54, 1.807) is 31.3 Å². The molecule has 0 saturated heterocycles. The number of methoxy groups -OCH3 is 1. The number of carbonyl (C=O) groups is 2. The first-order chi connectivity index (χ1) is 17.3. The highest BCUT2D eigenvalue weighted by Crippen LogP contribution is 2.36. The standard InChI is InChI=1S/C29H29F2NO4/c1-19-23(30)15-16-24(31)25(19)26-22(29(35)36-3)18-32(2)27(26)28(34)21-13-11-20(12-14-21)10-8-6-4-5-7-9-17-33/h11-16,18,33H,4-7,9,17H2,1-3H3. The largest absolute Gasteiger partial charge is 0.465 e. The van der Waals surface area contributed by atoms with Gasteiger partial charge in [-0.05, 0) is 61.7 Å². The van der Waals surface area contributed by atoms with Crippen LogP contribution in [0.2, 0.25) is 0 Å². The van der Waals surface area contributed by atoms with E-state index in [0.717, 1.165) is 49.8 Å². The van der Waals surface area contributed by atoms with Crippen molar-refractivity contribution in [3.8, 4) is 23.0 Å². The van der Waals surface area contributed by atoms with Crippen LogP contribution in [0.5, 0.6) is 0 Å². The van der Waals surface area contributed by atoms with Crippen molar-refractivity contribution in [1.29, 1.82) is 0 Å². The van der Waals surface area contributed by atoms with Crippen molar-refractivity contribution in [3.63, 3.8) is 0 Å². The van der Waals surface area contributed by atoms with Gasteiger partial charge in [-0.2, -0.15) is 0 Å². The van der Waals surface area contributed by atoms with Crippen LogP contribution in [0.15, 0.2) is 42.6 Å². The predicted molar refractivity (Wildman–Crippen MR) is 134 cm³/mol. The Hall–Kier alpha value is -3.76. The van der Waals surface area contributed by atoms with E-state index in [1.165, 1.54) is 24.8 Å². The van der Waals surface area contributed by atoms with Crippen LogP contribution in [0.3, 0.4) is 0 Å². The summed E-state index contributed by atoms with van der Waals surface area (Å²) in [6.45, 7) is 1.61. The first-order valence-corrected chi connectivity index (χ1v) is 11.8. The van der Waals surface area contributed by atoms with Gasteiger partial charge in [0.15, 0.2) is 0 Å². The van der Waals surface area contributed by atoms with E-state index in [1.807, 2.05) is 0 Å². The number of aryl methyl sites for hydroxylation is 1. The van der Waals surface area contributed by atoms with Gasteiger partial charge in [0.1, 0.15) is 11.6 Å². The second kappa shape index (κ2) is 12.3. The van der Waals surface area contributed by atoms with E-state index in [4.69, 9.17) is 9.84 Å². The van der Waals surface area contributed by atoms with Gasteiger partial charge in [0, 0.05) is 48.5 Å². The van der Waals surface area contributed by atoms with Gasteiger partial charge in [-0.25, -0.2) is 13.6 Å². The molecule has 0 atom stereocenters. The van der Waals surface area contributed by atoms with Crippen LogP contribution in [-0.4, -0.2) is 35.1 Å². The Balaban J connectivity index is 1.95. The molecule has 36 heavy (non-hydrogen) atoms. The van der Waals surface area contributed by atoms with Crippen molar-refractivity contribution in [2.75, 3.05) is 13.7 Å². The molecule has 1 N–H and O–H groups in total. The minimum Gasteiger partial charge on any atom is -0.465 e. The summed E-state index contributed by atoms with van der Waals surface area (Å²) < 4.78 is 35.6. The molecule has 5 nitrogen and oxygen atoms in total. The minimum absolute atomic E-state index is 0.00563. The lowest BCUT2D eigenvalue weighted by Crippen LogP contribution is -2.10. The molecule has 1 heterocycles. The molecule has 188 valence electrons. The van der Waals surface area contributed by atoms with Crippen molar-refractivity contribution >= 4 is 11.8 Å². The average molecular weight is 494 g/mol. The molecule has 0 spiro atoms. The van der Waals surface area contributed by atoms with Crippen LogP contribution in [0, 0.1) is 30.4 Å². The third-order valence-corrected chi connectivity index (χ3v) is 5.99. The molecule has 7 heteroatoms. The Morgan fingerprint density at radius 3 is 2.31 bits per heavy atom. The highest BCUT2D eigenvalue weighted by molar-refractivity contribution is 6.15. The van der Waals surface area contributed by atoms with Crippen molar-refractivity contribution in [1.82, 2.24) is 4.57 Å². The van der Waals surface area contributed by atoms with Crippen molar-refractivity contribution < 1.29 is 28.2 Å². The number of esters is 1. The van der Waals surface area contributed by atoms with E-state index in [-0.39, 0.29) is 34.6 Å². The maximum Gasteiger partial charge on any atom is 0.340 e. The minimum atomic E-state index is -0.760. The molecule has 0 bridgehead atoms. The normalized spacial score (nSPS) is 10.6. The van der Waals surface area contributed by atoms with Gasteiger partial charge in [-0.15, -0.1) is 0 Å². The molecule has 0 radical (unpaired) electrons. The Kier molecular flexibility index (Phi) is 9.15. The molecule has 1 aromatic heterocycles. The van der Waals surface area contributed by atoms with Crippen molar-refractivity contribution in [2.24, 2.45) is 7.05 Å². The van der Waals surface area contributed by atoms with Gasteiger partial charge in [-0.3, -0.25) is 4.79 Å². The number of aromatic nitrogens is 1. The maximum atomic E-state index is 14.9. The summed E-state index contributed by atoms with van der Waals surface area (Å²) >= 11 is 0. The zero-order valence-electron chi connectivity index (χ0n) is 20.7. The molecule has 3 rings (SSSR count). The molecular weight excluding hydrogens is 464 g/mol. The average Bonchev–Trinajstić information content (AvgIpc) is 3.22. The number of carbonyl (C=O) groups excluding carboxylic acids is 2. The number of unbranched alkanes of at least 4 members (excludes halogenated alkanes) is 4. The predicted octanol–water partition coefficient (Wildman–Crippen LogP) is 5.59. The molecule has 0 aliphatic heterocycles. The smallest absolute Gasteiger partial charge is 0.340 e. The summed E-state index contributed by atoms with van der Waals surface area (Å²) in [6, 6.07) is 8.67. The third kappa shape index (κ3) is 5.89. The van der Waals surface area contributed by atoms with Gasteiger partial charge < -0.3 is 14.4 Å². The van der Waals surface area contributed by atoms with Crippen LogP contribution in [0.25, 0.3) is 11.1 Å². The fourth-order valence-electron chi connectivity index (χ4n) is 4.06. The molecule has 2 aromatic carbocycles. The number of ether oxygens (including phenoxy) is 1. The van der Waals surface area contributed by atoms with E-state index in [0.29, 0.717) is 5.56 Å². The fraction of sp³-hybridized carbons (Fsp3) is 0.310. The first kappa shape index (κ1) is 26.8. The zero-order chi connectivity index (χ0) is 26.2. The highest BCUT2D eigenvalue weighted by atomic mass is 19.1. The Morgan fingerprint density at radius 2 is 1.64 bits per heavy atom. The molecule has 0 aliphatic carbocycles. The first-order valence-electron chi connectivity index (χ1n) is 11.8. The van der Waals surface area contributed by atoms with Crippen LogP contribution in [0.1, 0.15) is 69.6 Å². The Morgan fingerprint density at radius 1 is 0.972 bits per heavy atom. The second-order valence-electron chi connectivity index (χ2n) is 8.49. The number of aliphatic hydroxyl groups excluding tert-OH is 1. The lowest BCUT2D eigenvalue weighted by Gasteiger charge is -2.13. The van der Waals surface area contributed by atoms with Crippen LogP contribution in [-0.2, 0) is 11.8 Å². The number of nitrogens with zero attached hydrogens (tertiary/aromatic N) is 1. The lowest BCUT2D eigenvalue weighted by atomic mass is 9.93. The van der Waals surface area contributed by atoms with E-state index >= 15 is 0 Å². The molecule has 0 fully saturated rings. The zero-order valence-corrected chi connectivity index (χ0v) is 20.7. The third-order valence-electron chi connectivity index (χ3n) is 5.99. The summed E-state index contributed by atoms with van der Waals surface area (Å²) in [5.41, 5.74) is 0.911. The number of hydrogen-bond donors (Lipinski definition) is 1. The van der Waals surface area contributed by atoms with Crippen LogP contribution < -0.4 is 0 Å². The van der Waals surface area contributed by atoms with Gasteiger partial charge in [0.05, 0.1) is 18.4 Å². The van der Waals surface area contributed by atoms with E-state index in [2.05, 4.69) is 11.8 Å². The summed E-state index contributed by atoms with van der Waals surface area (Å²) in [5.74, 6) is 3.57. The van der Waals surface area contributed by atoms with Crippen LogP contribution >= 0.6 is 0 Å². The fourth-order valence-corrected chi connectivity index (χ4v) is 4.06. The maximum absolute atomic E-state index is 14.9. The second-order valence-corrected chi connectivity index (χ2v) is 8.49. The highest BCUT2D eigenvalue weighted by Gasteiger charge is 2.29. The summed E-state index contributed by atoms with van der Waals surface area (Å²) in [5, 5.41) is 8.81. The molecular formula is C29H29F2NO4. The number of benzene rings is 2. The van der Waals surface area contributed by atoms with Gasteiger partial charge in [0.2, 0.25) is 5.78 Å². The number of aliphatic hydroxyl groups is 1. The Bertz CT molecular complexity index is 1310. The number of hydrogen-bond acceptors (Lipinski definition) is 4. The Labute approximate surface area is 209 Å². The SMILES string of the molecule is COC(=O)c1cn(C)c(C(=O)c2ccc(C#CCCCCCCO)cc2)c1-c1c(F)ccc(F)c1C. The molecule has 0 aliphatic rings. The van der Waals surface area contributed by atoms with Crippen LogP contribution in [0.4, 0.5) is 8.78 Å². The van der Waals surface area contributed by atoms with E-state index < -0.39 is 23.4 Å². The molecule has 0 saturated carbocycles. The molecule has 0 amide bonds. The summed E-state index contributed by atoms with van der Waals surface area (Å²) in [6.07, 6.45) is 5.89. The monoisotopic (exact) mass is 493 g/mol. The van der Waals surface area contributed by atoms with Crippen molar-refractivity contribution in [2.45, 2.75) is 39.0 Å². The molecule has 3 aromatic rings. The van der Waals surface area contributed by atoms with Gasteiger partial charge in [0.25, 0.3) is 0 Å². The van der Waals surface area contributed by atoms with E-state index in [9.17, 15) is 18.4 Å². The number of halogens is 2. The lowest BCUT2D eigenvalue weighted by molar-refractivity contribution is 0.0601. The topological polar surface area (TPSA) is 68.5 Å². The quantitative estimate of drug-likeness (QED) is 0.183. The van der Waals surface area contributed by atoms with Gasteiger partial charge >= 0.3 is 5.97 Å².